The second-order valence-electron chi connectivity index (χ2n) is 3.88. The summed E-state index contributed by atoms with van der Waals surface area (Å²) in [6, 6.07) is -0.426. The van der Waals surface area contributed by atoms with Gasteiger partial charge in [-0.2, -0.15) is 5.10 Å². The molecule has 0 saturated carbocycles. The van der Waals surface area contributed by atoms with Gasteiger partial charge in [0.1, 0.15) is 6.04 Å². The van der Waals surface area contributed by atoms with Crippen molar-refractivity contribution in [3.63, 3.8) is 0 Å². The SMILES string of the molecule is CCC(C(=O)O)N(C)Cc1cnn(CC)c1. The Balaban J connectivity index is 2.62. The van der Waals surface area contributed by atoms with E-state index in [9.17, 15) is 4.79 Å². The number of carboxylic acids is 1. The van der Waals surface area contributed by atoms with Crippen LogP contribution in [0.25, 0.3) is 0 Å². The van der Waals surface area contributed by atoms with E-state index in [-0.39, 0.29) is 0 Å². The molecule has 0 fully saturated rings. The van der Waals surface area contributed by atoms with Crippen LogP contribution in [0.1, 0.15) is 25.8 Å². The molecule has 1 unspecified atom stereocenters. The second-order valence-corrected chi connectivity index (χ2v) is 3.88. The predicted octanol–water partition coefficient (Wildman–Crippen LogP) is 1.20. The van der Waals surface area contributed by atoms with Crippen molar-refractivity contribution in [2.24, 2.45) is 0 Å². The van der Waals surface area contributed by atoms with Gasteiger partial charge in [0.2, 0.25) is 0 Å². The van der Waals surface area contributed by atoms with E-state index >= 15 is 0 Å². The molecule has 0 aliphatic rings. The lowest BCUT2D eigenvalue weighted by Gasteiger charge is -2.22. The van der Waals surface area contributed by atoms with Crippen LogP contribution in [0, 0.1) is 0 Å². The van der Waals surface area contributed by atoms with Crippen molar-refractivity contribution in [1.82, 2.24) is 14.7 Å². The first kappa shape index (κ1) is 12.7. The molecular weight excluding hydrogens is 206 g/mol. The van der Waals surface area contributed by atoms with Gasteiger partial charge in [-0.3, -0.25) is 14.4 Å². The van der Waals surface area contributed by atoms with Gasteiger partial charge < -0.3 is 5.11 Å². The molecule has 0 amide bonds. The summed E-state index contributed by atoms with van der Waals surface area (Å²) in [5.41, 5.74) is 1.05. The zero-order valence-electron chi connectivity index (χ0n) is 10.1. The first-order valence-electron chi connectivity index (χ1n) is 5.52. The molecule has 1 aromatic rings. The number of likely N-dealkylation sites (N-methyl/N-ethyl adjacent to an activating group) is 1. The molecule has 0 aliphatic carbocycles. The molecule has 1 aromatic heterocycles. The van der Waals surface area contributed by atoms with Crippen molar-refractivity contribution < 1.29 is 9.90 Å². The standard InChI is InChI=1S/C11H19N3O2/c1-4-10(11(15)16)13(3)7-9-6-12-14(5-2)8-9/h6,8,10H,4-5,7H2,1-3H3,(H,15,16). The Kier molecular flexibility index (Phi) is 4.49. The lowest BCUT2D eigenvalue weighted by Crippen LogP contribution is -2.37. The smallest absolute Gasteiger partial charge is 0.320 e. The number of aliphatic carboxylic acids is 1. The van der Waals surface area contributed by atoms with Crippen LogP contribution >= 0.6 is 0 Å². The Morgan fingerprint density at radius 3 is 2.75 bits per heavy atom. The van der Waals surface area contributed by atoms with Gasteiger partial charge in [-0.05, 0) is 20.4 Å². The Labute approximate surface area is 95.7 Å². The van der Waals surface area contributed by atoms with Gasteiger partial charge in [0, 0.05) is 24.8 Å². The fraction of sp³-hybridized carbons (Fsp3) is 0.636. The van der Waals surface area contributed by atoms with Crippen LogP contribution in [-0.4, -0.2) is 38.8 Å². The molecule has 0 aromatic carbocycles. The highest BCUT2D eigenvalue weighted by molar-refractivity contribution is 5.73. The summed E-state index contributed by atoms with van der Waals surface area (Å²) in [5, 5.41) is 13.2. The predicted molar refractivity (Wildman–Crippen MR) is 61.1 cm³/mol. The minimum atomic E-state index is -0.770. The quantitative estimate of drug-likeness (QED) is 0.790. The molecule has 0 radical (unpaired) electrons. The lowest BCUT2D eigenvalue weighted by molar-refractivity contribution is -0.143. The Bertz CT molecular complexity index is 349. The third kappa shape index (κ3) is 3.06. The van der Waals surface area contributed by atoms with Gasteiger partial charge in [0.25, 0.3) is 0 Å². The number of hydrogen-bond donors (Lipinski definition) is 1. The van der Waals surface area contributed by atoms with E-state index in [0.29, 0.717) is 13.0 Å². The molecule has 0 spiro atoms. The minimum Gasteiger partial charge on any atom is -0.480 e. The number of aryl methyl sites for hydroxylation is 1. The van der Waals surface area contributed by atoms with Gasteiger partial charge in [-0.25, -0.2) is 0 Å². The van der Waals surface area contributed by atoms with Crippen molar-refractivity contribution in [2.75, 3.05) is 7.05 Å². The van der Waals surface area contributed by atoms with Gasteiger partial charge in [-0.1, -0.05) is 6.92 Å². The van der Waals surface area contributed by atoms with Crippen molar-refractivity contribution in [3.8, 4) is 0 Å². The number of hydrogen-bond acceptors (Lipinski definition) is 3. The van der Waals surface area contributed by atoms with E-state index in [0.717, 1.165) is 12.1 Å². The fourth-order valence-electron chi connectivity index (χ4n) is 1.73. The summed E-state index contributed by atoms with van der Waals surface area (Å²) in [6.45, 7) is 5.35. The lowest BCUT2D eigenvalue weighted by atomic mass is 10.2. The highest BCUT2D eigenvalue weighted by Crippen LogP contribution is 2.08. The van der Waals surface area contributed by atoms with Gasteiger partial charge in [0.05, 0.1) is 6.20 Å². The average molecular weight is 225 g/mol. The minimum absolute atomic E-state index is 0.426. The summed E-state index contributed by atoms with van der Waals surface area (Å²) in [5.74, 6) is -0.770. The van der Waals surface area contributed by atoms with E-state index < -0.39 is 12.0 Å². The summed E-state index contributed by atoms with van der Waals surface area (Å²) in [6.07, 6.45) is 4.34. The van der Waals surface area contributed by atoms with Gasteiger partial charge >= 0.3 is 5.97 Å². The van der Waals surface area contributed by atoms with Crippen LogP contribution in [0.2, 0.25) is 0 Å². The van der Waals surface area contributed by atoms with Crippen molar-refractivity contribution >= 4 is 5.97 Å². The number of carbonyl (C=O) groups is 1. The largest absolute Gasteiger partial charge is 0.480 e. The Morgan fingerprint density at radius 2 is 2.31 bits per heavy atom. The normalized spacial score (nSPS) is 13.0. The van der Waals surface area contributed by atoms with Crippen LogP contribution in [0.3, 0.4) is 0 Å². The molecular formula is C11H19N3O2. The Morgan fingerprint density at radius 1 is 1.62 bits per heavy atom. The third-order valence-corrected chi connectivity index (χ3v) is 2.65. The molecule has 1 atom stereocenters. The number of carboxylic acid groups (broad SMARTS) is 1. The average Bonchev–Trinajstić information content (AvgIpc) is 2.65. The van der Waals surface area contributed by atoms with Crippen LogP contribution in [0.5, 0.6) is 0 Å². The summed E-state index contributed by atoms with van der Waals surface area (Å²) < 4.78 is 1.84. The zero-order chi connectivity index (χ0) is 12.1. The maximum atomic E-state index is 11.0. The van der Waals surface area contributed by atoms with E-state index in [2.05, 4.69) is 5.10 Å². The summed E-state index contributed by atoms with van der Waals surface area (Å²) in [4.78, 5) is 12.8. The number of aromatic nitrogens is 2. The van der Waals surface area contributed by atoms with E-state index in [1.165, 1.54) is 0 Å². The van der Waals surface area contributed by atoms with Crippen molar-refractivity contribution in [3.05, 3.63) is 18.0 Å². The molecule has 1 heterocycles. The molecule has 1 N–H and O–H groups in total. The highest BCUT2D eigenvalue weighted by atomic mass is 16.4. The number of rotatable bonds is 6. The summed E-state index contributed by atoms with van der Waals surface area (Å²) in [7, 11) is 1.82. The molecule has 90 valence electrons. The van der Waals surface area contributed by atoms with Crippen molar-refractivity contribution in [2.45, 2.75) is 39.4 Å². The van der Waals surface area contributed by atoms with Crippen LogP contribution < -0.4 is 0 Å². The Hall–Kier alpha value is -1.36. The first-order valence-corrected chi connectivity index (χ1v) is 5.52. The summed E-state index contributed by atoms with van der Waals surface area (Å²) >= 11 is 0. The molecule has 16 heavy (non-hydrogen) atoms. The van der Waals surface area contributed by atoms with Crippen molar-refractivity contribution in [1.29, 1.82) is 0 Å². The second kappa shape index (κ2) is 5.65. The maximum absolute atomic E-state index is 11.0. The first-order chi connectivity index (χ1) is 7.58. The van der Waals surface area contributed by atoms with E-state index in [4.69, 9.17) is 5.11 Å². The molecule has 1 rings (SSSR count). The maximum Gasteiger partial charge on any atom is 0.320 e. The molecule has 0 aliphatic heterocycles. The van der Waals surface area contributed by atoms with Crippen LogP contribution in [0.4, 0.5) is 0 Å². The third-order valence-electron chi connectivity index (χ3n) is 2.65. The topological polar surface area (TPSA) is 58.4 Å². The molecule has 0 saturated heterocycles. The molecule has 5 heteroatoms. The molecule has 0 bridgehead atoms. The highest BCUT2D eigenvalue weighted by Gasteiger charge is 2.20. The van der Waals surface area contributed by atoms with E-state index in [1.54, 1.807) is 6.20 Å². The van der Waals surface area contributed by atoms with Crippen LogP contribution in [-0.2, 0) is 17.9 Å². The number of nitrogens with zero attached hydrogens (tertiary/aromatic N) is 3. The van der Waals surface area contributed by atoms with Gasteiger partial charge in [0.15, 0.2) is 0 Å². The van der Waals surface area contributed by atoms with Crippen LogP contribution in [0.15, 0.2) is 12.4 Å². The van der Waals surface area contributed by atoms with E-state index in [1.807, 2.05) is 36.7 Å². The monoisotopic (exact) mass is 225 g/mol. The molecule has 5 nitrogen and oxygen atoms in total. The fourth-order valence-corrected chi connectivity index (χ4v) is 1.73. The van der Waals surface area contributed by atoms with Gasteiger partial charge in [-0.15, -0.1) is 0 Å². The zero-order valence-corrected chi connectivity index (χ0v) is 10.1.